The summed E-state index contributed by atoms with van der Waals surface area (Å²) in [6.45, 7) is 7.83. The molecule has 3 nitrogen and oxygen atoms in total. The molecule has 2 atom stereocenters. The third-order valence-electron chi connectivity index (χ3n) is 18.1. The number of benzene rings is 12. The summed E-state index contributed by atoms with van der Waals surface area (Å²) < 4.78 is 45.3. The van der Waals surface area contributed by atoms with Crippen molar-refractivity contribution in [3.63, 3.8) is 0 Å². The van der Waals surface area contributed by atoms with Gasteiger partial charge in [0, 0.05) is 17.1 Å². The highest BCUT2D eigenvalue weighted by Gasteiger charge is 2.49. The van der Waals surface area contributed by atoms with E-state index in [-0.39, 0.29) is 11.6 Å². The molecule has 0 saturated heterocycles. The van der Waals surface area contributed by atoms with Crippen LogP contribution in [0.15, 0.2) is 316 Å². The zero-order chi connectivity index (χ0) is 60.1. The minimum atomic E-state index is -0.985. The molecule has 0 aromatic heterocycles. The van der Waals surface area contributed by atoms with Crippen LogP contribution in [0, 0.1) is 11.6 Å². The topological polar surface area (TPSA) is 21.7 Å². The van der Waals surface area contributed by atoms with Crippen molar-refractivity contribution in [1.82, 2.24) is 0 Å². The van der Waals surface area contributed by atoms with Crippen molar-refractivity contribution in [2.24, 2.45) is 0 Å². The summed E-state index contributed by atoms with van der Waals surface area (Å²) in [5.41, 5.74) is 19.4. The van der Waals surface area contributed by atoms with E-state index in [9.17, 15) is 0 Å². The quantitative estimate of drug-likeness (QED) is 0.102. The fraction of sp³-hybridized carbons (Fsp3) is 0.0476. The second-order valence-electron chi connectivity index (χ2n) is 23.0. The predicted octanol–water partition coefficient (Wildman–Crippen LogP) is 22.5. The monoisotopic (exact) mass is 1150 g/mol. The molecule has 426 valence electrons. The van der Waals surface area contributed by atoms with Gasteiger partial charge in [0.2, 0.25) is 0 Å². The number of ether oxygens (including phenoxy) is 2. The highest BCUT2D eigenvalue weighted by Crippen LogP contribution is 2.60. The molecule has 5 heteroatoms. The highest BCUT2D eigenvalue weighted by atomic mass is 19.1. The number of fused-ring (bicyclic) bond motifs is 5. The van der Waals surface area contributed by atoms with Gasteiger partial charge in [-0.3, -0.25) is 0 Å². The van der Waals surface area contributed by atoms with Gasteiger partial charge >= 0.3 is 0 Å². The Morgan fingerprint density at radius 3 is 1.40 bits per heavy atom. The second kappa shape index (κ2) is 22.6. The van der Waals surface area contributed by atoms with Gasteiger partial charge in [0.15, 0.2) is 0 Å². The van der Waals surface area contributed by atoms with Crippen LogP contribution in [0.3, 0.4) is 0 Å². The molecule has 3 aliphatic rings. The molecule has 2 unspecified atom stereocenters. The predicted molar refractivity (Wildman–Crippen MR) is 360 cm³/mol. The van der Waals surface area contributed by atoms with E-state index >= 15 is 8.78 Å². The Morgan fingerprint density at radius 1 is 0.360 bits per heavy atom. The van der Waals surface area contributed by atoms with Crippen molar-refractivity contribution < 1.29 is 18.3 Å². The molecule has 3 aliphatic carbocycles. The van der Waals surface area contributed by atoms with Gasteiger partial charge in [0.1, 0.15) is 34.6 Å². The summed E-state index contributed by atoms with van der Waals surface area (Å²) in [5.74, 6) is 2.14. The number of hydrogen-bond donors (Lipinski definition) is 0. The fourth-order valence-electron chi connectivity index (χ4n) is 14.1. The molecule has 89 heavy (non-hydrogen) atoms. The molecule has 0 radical (unpaired) electrons. The molecule has 0 fully saturated rings. The first-order valence-electron chi connectivity index (χ1n) is 30.2. The average Bonchev–Trinajstić information content (AvgIpc) is 1.57. The molecule has 0 amide bonds. The Hall–Kier alpha value is -11.1. The highest BCUT2D eigenvalue weighted by molar-refractivity contribution is 5.94. The summed E-state index contributed by atoms with van der Waals surface area (Å²) >= 11 is 0. The standard InChI is InChI=1S/C84H59F2NO2/c1-3-56-31-41-69(42-32-56)88-71-45-35-60(36-46-71)83(62-20-15-22-64(85)52-62)79-29-12-10-27-75(79)77-49-39-67(54-81(77)83)87(66-24-14-19-59(51-66)74-26-9-8-25-73(74)58-17-6-5-7-18-58)68-40-50-78-76-28-11-13-30-80(76)84(82(78)55-68,63-21-16-23-65(86)53-63)61-37-47-72(48-38-61)89-70-43-33-57(4-2)34-44-70/h3-10,12-27,29-55H,1-2,11,28H2. The minimum Gasteiger partial charge on any atom is -0.457 e. The van der Waals surface area contributed by atoms with Crippen molar-refractivity contribution >= 4 is 34.8 Å². The van der Waals surface area contributed by atoms with Crippen LogP contribution >= 0.6 is 0 Å². The number of nitrogens with zero attached hydrogens (tertiary/aromatic N) is 1. The Kier molecular flexibility index (Phi) is 13.8. The van der Waals surface area contributed by atoms with Crippen molar-refractivity contribution in [2.75, 3.05) is 4.90 Å². The molecular formula is C84H59F2NO2. The molecule has 0 saturated carbocycles. The van der Waals surface area contributed by atoms with E-state index in [0.717, 1.165) is 124 Å². The van der Waals surface area contributed by atoms with Crippen LogP contribution in [0.5, 0.6) is 23.0 Å². The number of hydrogen-bond acceptors (Lipinski definition) is 3. The first kappa shape index (κ1) is 54.5. The molecular weight excluding hydrogens is 1090 g/mol. The van der Waals surface area contributed by atoms with E-state index in [1.165, 1.54) is 17.7 Å². The van der Waals surface area contributed by atoms with E-state index in [4.69, 9.17) is 9.47 Å². The molecule has 0 aliphatic heterocycles. The van der Waals surface area contributed by atoms with Gasteiger partial charge in [-0.25, -0.2) is 8.78 Å². The van der Waals surface area contributed by atoms with Crippen molar-refractivity contribution in [3.8, 4) is 56.4 Å². The van der Waals surface area contributed by atoms with Crippen molar-refractivity contribution in [2.45, 2.75) is 23.7 Å². The van der Waals surface area contributed by atoms with Gasteiger partial charge in [-0.1, -0.05) is 213 Å². The number of allylic oxidation sites excluding steroid dienone is 4. The van der Waals surface area contributed by atoms with E-state index in [1.807, 2.05) is 109 Å². The maximum absolute atomic E-state index is 16.2. The van der Waals surface area contributed by atoms with Crippen LogP contribution in [0.2, 0.25) is 0 Å². The van der Waals surface area contributed by atoms with E-state index in [0.29, 0.717) is 23.0 Å². The first-order valence-corrected chi connectivity index (χ1v) is 30.2. The van der Waals surface area contributed by atoms with Crippen LogP contribution in [0.4, 0.5) is 25.8 Å². The number of anilines is 3. The van der Waals surface area contributed by atoms with Crippen LogP contribution in [0.25, 0.3) is 51.1 Å². The lowest BCUT2D eigenvalue weighted by molar-refractivity contribution is 0.482. The van der Waals surface area contributed by atoms with E-state index in [2.05, 4.69) is 194 Å². The van der Waals surface area contributed by atoms with E-state index < -0.39 is 10.8 Å². The lowest BCUT2D eigenvalue weighted by Gasteiger charge is -2.37. The summed E-state index contributed by atoms with van der Waals surface area (Å²) in [5, 5.41) is 0. The van der Waals surface area contributed by atoms with Crippen LogP contribution in [-0.2, 0) is 10.8 Å². The van der Waals surface area contributed by atoms with Gasteiger partial charge in [0.05, 0.1) is 10.8 Å². The summed E-state index contributed by atoms with van der Waals surface area (Å²) in [6.07, 6.45) is 9.85. The van der Waals surface area contributed by atoms with Crippen LogP contribution in [0.1, 0.15) is 68.5 Å². The maximum Gasteiger partial charge on any atom is 0.127 e. The average molecular weight is 1150 g/mol. The number of rotatable bonds is 15. The van der Waals surface area contributed by atoms with Gasteiger partial charge in [-0.2, -0.15) is 0 Å². The zero-order valence-electron chi connectivity index (χ0n) is 48.8. The third kappa shape index (κ3) is 9.42. The third-order valence-corrected chi connectivity index (χ3v) is 18.1. The molecule has 0 heterocycles. The van der Waals surface area contributed by atoms with Gasteiger partial charge in [0.25, 0.3) is 0 Å². The molecule has 12 aromatic rings. The van der Waals surface area contributed by atoms with E-state index in [1.54, 1.807) is 12.1 Å². The largest absolute Gasteiger partial charge is 0.457 e. The Bertz CT molecular complexity index is 4780. The van der Waals surface area contributed by atoms with Crippen LogP contribution < -0.4 is 14.4 Å². The smallest absolute Gasteiger partial charge is 0.127 e. The number of halogens is 2. The van der Waals surface area contributed by atoms with Gasteiger partial charge < -0.3 is 14.4 Å². The van der Waals surface area contributed by atoms with Crippen molar-refractivity contribution in [3.05, 3.63) is 383 Å². The second-order valence-corrected chi connectivity index (χ2v) is 23.0. The SMILES string of the molecule is C=Cc1ccc(Oc2ccc(C3(c4cccc(F)c4)C4=C(CCC=C4)c4ccc(N(c5cccc(-c6ccccc6-c6ccccc6)c5)c5ccc6c(c5)C(c5ccc(Oc7ccc(C=C)cc7)cc5)(c5cccc(F)c5)c5ccccc5-6)cc43)cc2)cc1. The lowest BCUT2D eigenvalue weighted by atomic mass is 9.66. The molecule has 0 spiro atoms. The van der Waals surface area contributed by atoms with Crippen LogP contribution in [-0.4, -0.2) is 0 Å². The molecule has 12 aromatic carbocycles. The Labute approximate surface area is 518 Å². The van der Waals surface area contributed by atoms with Gasteiger partial charge in [-0.15, -0.1) is 0 Å². The normalized spacial score (nSPS) is 16.0. The first-order chi connectivity index (χ1) is 43.8. The minimum absolute atomic E-state index is 0.313. The Morgan fingerprint density at radius 2 is 0.820 bits per heavy atom. The lowest BCUT2D eigenvalue weighted by Crippen LogP contribution is -2.30. The molecule has 0 N–H and O–H groups in total. The zero-order valence-corrected chi connectivity index (χ0v) is 48.8. The fourth-order valence-corrected chi connectivity index (χ4v) is 14.1. The van der Waals surface area contributed by atoms with Gasteiger partial charge in [-0.05, 0) is 222 Å². The molecule has 0 bridgehead atoms. The summed E-state index contributed by atoms with van der Waals surface area (Å²) in [7, 11) is 0. The molecule has 15 rings (SSSR count). The maximum atomic E-state index is 16.2. The summed E-state index contributed by atoms with van der Waals surface area (Å²) in [4.78, 5) is 2.36. The summed E-state index contributed by atoms with van der Waals surface area (Å²) in [6, 6.07) is 96.6. The Balaban J connectivity index is 0.952. The van der Waals surface area contributed by atoms with Crippen molar-refractivity contribution in [1.29, 1.82) is 0 Å².